The molecule has 0 fully saturated rings. The second-order valence-corrected chi connectivity index (χ2v) is 8.55. The summed E-state index contributed by atoms with van der Waals surface area (Å²) >= 11 is 5.53. The lowest BCUT2D eigenvalue weighted by Crippen LogP contribution is -2.31. The smallest absolute Gasteiger partial charge is 0.417 e. The SMILES string of the molecule is CC[C@H](C)NS(=O)(=O)c1ccc(OCC(=O)Nc2ccc(Cl)c(C(F)(F)F)c2)cc1. The standard InChI is InChI=1S/C19H20ClF3N2O4S/c1-3-12(2)25-30(27,28)15-7-5-14(6-8-15)29-11-18(26)24-13-4-9-17(20)16(10-13)19(21,22)23/h4-10,12,25H,3,11H2,1-2H3,(H,24,26)/t12-/m0/s1. The Morgan fingerprint density at radius 3 is 2.37 bits per heavy atom. The number of carbonyl (C=O) groups is 1. The first-order valence-corrected chi connectivity index (χ1v) is 10.7. The summed E-state index contributed by atoms with van der Waals surface area (Å²) in [6.07, 6.45) is -4.02. The van der Waals surface area contributed by atoms with Gasteiger partial charge < -0.3 is 10.1 Å². The minimum absolute atomic E-state index is 0.0421. The Hall–Kier alpha value is -2.30. The molecule has 2 aromatic rings. The number of anilines is 1. The molecule has 164 valence electrons. The average Bonchev–Trinajstić information content (AvgIpc) is 2.67. The summed E-state index contributed by atoms with van der Waals surface area (Å²) < 4.78 is 70.8. The van der Waals surface area contributed by atoms with Gasteiger partial charge in [-0.1, -0.05) is 18.5 Å². The van der Waals surface area contributed by atoms with E-state index in [1.165, 1.54) is 30.3 Å². The second-order valence-electron chi connectivity index (χ2n) is 6.43. The quantitative estimate of drug-likeness (QED) is 0.604. The lowest BCUT2D eigenvalue weighted by molar-refractivity contribution is -0.137. The van der Waals surface area contributed by atoms with Crippen molar-refractivity contribution in [3.63, 3.8) is 0 Å². The fourth-order valence-corrected chi connectivity index (χ4v) is 3.85. The van der Waals surface area contributed by atoms with Gasteiger partial charge in [-0.15, -0.1) is 0 Å². The number of nitrogens with one attached hydrogen (secondary N) is 2. The second kappa shape index (κ2) is 9.67. The topological polar surface area (TPSA) is 84.5 Å². The van der Waals surface area contributed by atoms with E-state index >= 15 is 0 Å². The first-order valence-electron chi connectivity index (χ1n) is 8.84. The van der Waals surface area contributed by atoms with Crippen molar-refractivity contribution in [2.75, 3.05) is 11.9 Å². The van der Waals surface area contributed by atoms with Gasteiger partial charge in [-0.25, -0.2) is 13.1 Å². The first-order chi connectivity index (χ1) is 13.9. The molecular weight excluding hydrogens is 445 g/mol. The number of carbonyl (C=O) groups excluding carboxylic acids is 1. The van der Waals surface area contributed by atoms with Crippen LogP contribution in [0.2, 0.25) is 5.02 Å². The third-order valence-electron chi connectivity index (χ3n) is 4.03. The van der Waals surface area contributed by atoms with E-state index in [-0.39, 0.29) is 22.4 Å². The minimum Gasteiger partial charge on any atom is -0.484 e. The van der Waals surface area contributed by atoms with Gasteiger partial charge in [-0.3, -0.25) is 4.79 Å². The third-order valence-corrected chi connectivity index (χ3v) is 5.96. The summed E-state index contributed by atoms with van der Waals surface area (Å²) in [5.41, 5.74) is -1.15. The van der Waals surface area contributed by atoms with Gasteiger partial charge in [-0.05, 0) is 55.8 Å². The van der Waals surface area contributed by atoms with Crippen LogP contribution < -0.4 is 14.8 Å². The van der Waals surface area contributed by atoms with Crippen LogP contribution in [0.3, 0.4) is 0 Å². The fraction of sp³-hybridized carbons (Fsp3) is 0.316. The van der Waals surface area contributed by atoms with Crippen LogP contribution in [0.15, 0.2) is 47.4 Å². The van der Waals surface area contributed by atoms with E-state index in [2.05, 4.69) is 10.0 Å². The Bertz CT molecular complexity index is 996. The first kappa shape index (κ1) is 24.0. The van der Waals surface area contributed by atoms with Crippen molar-refractivity contribution >= 4 is 33.2 Å². The van der Waals surface area contributed by atoms with Crippen molar-refractivity contribution in [1.82, 2.24) is 4.72 Å². The fourth-order valence-electron chi connectivity index (χ4n) is 2.30. The molecule has 0 heterocycles. The van der Waals surface area contributed by atoms with Crippen molar-refractivity contribution in [1.29, 1.82) is 0 Å². The van der Waals surface area contributed by atoms with Gasteiger partial charge in [0.05, 0.1) is 15.5 Å². The van der Waals surface area contributed by atoms with Gasteiger partial charge in [0.1, 0.15) is 5.75 Å². The Morgan fingerprint density at radius 1 is 1.17 bits per heavy atom. The summed E-state index contributed by atoms with van der Waals surface area (Å²) in [5, 5.41) is 1.81. The van der Waals surface area contributed by atoms with E-state index in [9.17, 15) is 26.4 Å². The summed E-state index contributed by atoms with van der Waals surface area (Å²) in [4.78, 5) is 12.0. The summed E-state index contributed by atoms with van der Waals surface area (Å²) in [6.45, 7) is 3.11. The van der Waals surface area contributed by atoms with Crippen LogP contribution in [0.4, 0.5) is 18.9 Å². The summed E-state index contributed by atoms with van der Waals surface area (Å²) in [6, 6.07) is 8.18. The molecule has 11 heteroatoms. The molecule has 0 saturated heterocycles. The van der Waals surface area contributed by atoms with Crippen LogP contribution in [0.25, 0.3) is 0 Å². The number of rotatable bonds is 8. The van der Waals surface area contributed by atoms with Gasteiger partial charge in [0, 0.05) is 11.7 Å². The molecule has 1 atom stereocenters. The largest absolute Gasteiger partial charge is 0.484 e. The maximum absolute atomic E-state index is 12.9. The highest BCUT2D eigenvalue weighted by atomic mass is 35.5. The summed E-state index contributed by atoms with van der Waals surface area (Å²) in [7, 11) is -3.67. The van der Waals surface area contributed by atoms with Crippen molar-refractivity contribution < 1.29 is 31.1 Å². The number of benzene rings is 2. The van der Waals surface area contributed by atoms with Gasteiger partial charge in [0.25, 0.3) is 5.91 Å². The average molecular weight is 465 g/mol. The van der Waals surface area contributed by atoms with E-state index in [1.807, 2.05) is 6.92 Å². The zero-order valence-electron chi connectivity index (χ0n) is 16.1. The molecule has 6 nitrogen and oxygen atoms in total. The number of amides is 1. The van der Waals surface area contributed by atoms with Crippen molar-refractivity contribution in [2.24, 2.45) is 0 Å². The highest BCUT2D eigenvalue weighted by Crippen LogP contribution is 2.36. The monoisotopic (exact) mass is 464 g/mol. The Morgan fingerprint density at radius 2 is 1.80 bits per heavy atom. The zero-order valence-corrected chi connectivity index (χ0v) is 17.7. The number of alkyl halides is 3. The molecule has 0 unspecified atom stereocenters. The van der Waals surface area contributed by atoms with E-state index in [0.717, 1.165) is 12.1 Å². The summed E-state index contributed by atoms with van der Waals surface area (Å²) in [5.74, 6) is -0.472. The molecule has 0 aromatic heterocycles. The highest BCUT2D eigenvalue weighted by Gasteiger charge is 2.33. The van der Waals surface area contributed by atoms with E-state index in [1.54, 1.807) is 6.92 Å². The number of hydrogen-bond acceptors (Lipinski definition) is 4. The van der Waals surface area contributed by atoms with Crippen LogP contribution in [0.5, 0.6) is 5.75 Å². The van der Waals surface area contributed by atoms with Gasteiger partial charge in [0.15, 0.2) is 6.61 Å². The minimum atomic E-state index is -4.65. The Labute approximate surface area is 177 Å². The van der Waals surface area contributed by atoms with Gasteiger partial charge >= 0.3 is 6.18 Å². The molecule has 2 N–H and O–H groups in total. The number of halogens is 4. The van der Waals surface area contributed by atoms with Crippen LogP contribution in [0.1, 0.15) is 25.8 Å². The van der Waals surface area contributed by atoms with Gasteiger partial charge in [0.2, 0.25) is 10.0 Å². The molecule has 0 aliphatic rings. The van der Waals surface area contributed by atoms with Crippen molar-refractivity contribution in [2.45, 2.75) is 37.4 Å². The maximum Gasteiger partial charge on any atom is 0.417 e. The molecule has 0 aliphatic heterocycles. The Balaban J connectivity index is 1.97. The predicted molar refractivity (Wildman–Crippen MR) is 107 cm³/mol. The number of hydrogen-bond donors (Lipinski definition) is 2. The number of ether oxygens (including phenoxy) is 1. The van der Waals surface area contributed by atoms with Crippen LogP contribution in [-0.4, -0.2) is 27.0 Å². The highest BCUT2D eigenvalue weighted by molar-refractivity contribution is 7.89. The molecule has 0 aliphatic carbocycles. The van der Waals surface area contributed by atoms with Crippen molar-refractivity contribution in [3.05, 3.63) is 53.1 Å². The van der Waals surface area contributed by atoms with E-state index < -0.39 is 39.3 Å². The molecule has 2 aromatic carbocycles. The van der Waals surface area contributed by atoms with Crippen molar-refractivity contribution in [3.8, 4) is 5.75 Å². The van der Waals surface area contributed by atoms with E-state index in [4.69, 9.17) is 16.3 Å². The molecule has 0 bridgehead atoms. The molecule has 30 heavy (non-hydrogen) atoms. The lowest BCUT2D eigenvalue weighted by Gasteiger charge is -2.13. The molecule has 1 amide bonds. The lowest BCUT2D eigenvalue weighted by atomic mass is 10.2. The molecular formula is C19H20ClF3N2O4S. The molecule has 0 saturated carbocycles. The normalized spacial score (nSPS) is 13.0. The van der Waals surface area contributed by atoms with E-state index in [0.29, 0.717) is 6.42 Å². The number of sulfonamides is 1. The maximum atomic E-state index is 12.9. The molecule has 0 radical (unpaired) electrons. The zero-order chi connectivity index (χ0) is 22.5. The molecule has 2 rings (SSSR count). The van der Waals surface area contributed by atoms with Crippen LogP contribution in [0, 0.1) is 0 Å². The third kappa shape index (κ3) is 6.61. The molecule has 0 spiro atoms. The van der Waals surface area contributed by atoms with Gasteiger partial charge in [-0.2, -0.15) is 13.2 Å². The van der Waals surface area contributed by atoms with Crippen LogP contribution >= 0.6 is 11.6 Å². The Kier molecular flexibility index (Phi) is 7.73. The van der Waals surface area contributed by atoms with Crippen LogP contribution in [-0.2, 0) is 21.0 Å². The predicted octanol–water partition coefficient (Wildman–Crippen LogP) is 4.45.